The van der Waals surface area contributed by atoms with Gasteiger partial charge in [-0.1, -0.05) is 16.8 Å². The molecular weight excluding hydrogens is 332 g/mol. The second-order valence-corrected chi connectivity index (χ2v) is 6.72. The minimum atomic E-state index is -0.920. The zero-order valence-corrected chi connectivity index (χ0v) is 13.9. The van der Waals surface area contributed by atoms with Gasteiger partial charge in [0.05, 0.1) is 5.41 Å². The molecular formula is C17H17ClN2O4. The summed E-state index contributed by atoms with van der Waals surface area (Å²) >= 11 is 5.85. The number of piperidine rings is 1. The normalized spacial score (nSPS) is 20.8. The van der Waals surface area contributed by atoms with Gasteiger partial charge in [0.1, 0.15) is 0 Å². The Balaban J connectivity index is 1.78. The molecule has 0 aliphatic carbocycles. The molecule has 1 atom stereocenters. The fourth-order valence-electron chi connectivity index (χ4n) is 2.88. The lowest BCUT2D eigenvalue weighted by Gasteiger charge is -2.37. The van der Waals surface area contributed by atoms with E-state index in [2.05, 4.69) is 5.16 Å². The van der Waals surface area contributed by atoms with Crippen molar-refractivity contribution in [1.82, 2.24) is 10.1 Å². The molecule has 0 spiro atoms. The topological polar surface area (TPSA) is 83.6 Å². The second kappa shape index (κ2) is 6.28. The minimum absolute atomic E-state index is 0.171. The molecule has 1 amide bonds. The molecule has 7 heteroatoms. The molecule has 1 aliphatic rings. The number of aliphatic carboxylic acids is 1. The van der Waals surface area contributed by atoms with Gasteiger partial charge in [0, 0.05) is 29.7 Å². The third-order valence-electron chi connectivity index (χ3n) is 4.36. The zero-order chi connectivity index (χ0) is 17.3. The number of likely N-dealkylation sites (tertiary alicyclic amines) is 1. The third kappa shape index (κ3) is 3.14. The van der Waals surface area contributed by atoms with Gasteiger partial charge in [0.25, 0.3) is 5.91 Å². The number of carbonyl (C=O) groups excluding carboxylic acids is 1. The Morgan fingerprint density at radius 3 is 2.71 bits per heavy atom. The Labute approximate surface area is 144 Å². The molecule has 6 nitrogen and oxygen atoms in total. The molecule has 1 aromatic carbocycles. The van der Waals surface area contributed by atoms with Crippen LogP contribution in [-0.2, 0) is 4.79 Å². The van der Waals surface area contributed by atoms with E-state index in [0.717, 1.165) is 5.56 Å². The predicted octanol–water partition coefficient (Wildman–Crippen LogP) is 3.32. The highest BCUT2D eigenvalue weighted by Gasteiger charge is 2.40. The highest BCUT2D eigenvalue weighted by molar-refractivity contribution is 6.30. The van der Waals surface area contributed by atoms with Crippen molar-refractivity contribution in [3.63, 3.8) is 0 Å². The number of nitrogens with zero attached hydrogens (tertiary/aromatic N) is 2. The van der Waals surface area contributed by atoms with E-state index >= 15 is 0 Å². The van der Waals surface area contributed by atoms with Crippen LogP contribution in [0.25, 0.3) is 11.3 Å². The molecule has 0 radical (unpaired) electrons. The van der Waals surface area contributed by atoms with Crippen molar-refractivity contribution >= 4 is 23.5 Å². The molecule has 126 valence electrons. The van der Waals surface area contributed by atoms with Crippen molar-refractivity contribution < 1.29 is 19.2 Å². The Morgan fingerprint density at radius 1 is 1.33 bits per heavy atom. The number of carboxylic acid groups (broad SMARTS) is 1. The summed E-state index contributed by atoms with van der Waals surface area (Å²) in [6.07, 6.45) is 1.21. The van der Waals surface area contributed by atoms with Gasteiger partial charge in [-0.25, -0.2) is 0 Å². The molecule has 0 saturated carbocycles. The Bertz CT molecular complexity index is 771. The Hall–Kier alpha value is -2.34. The van der Waals surface area contributed by atoms with Gasteiger partial charge in [-0.15, -0.1) is 0 Å². The number of rotatable bonds is 3. The first-order valence-corrected chi connectivity index (χ1v) is 8.02. The van der Waals surface area contributed by atoms with Crippen LogP contribution in [-0.4, -0.2) is 40.1 Å². The fraction of sp³-hybridized carbons (Fsp3) is 0.353. The number of amides is 1. The van der Waals surface area contributed by atoms with Crippen molar-refractivity contribution in [3.05, 3.63) is 41.0 Å². The van der Waals surface area contributed by atoms with Gasteiger partial charge < -0.3 is 14.5 Å². The molecule has 0 bridgehead atoms. The highest BCUT2D eigenvalue weighted by Crippen LogP contribution is 2.31. The number of carbonyl (C=O) groups is 2. The first kappa shape index (κ1) is 16.5. The number of carboxylic acids is 1. The fourth-order valence-corrected chi connectivity index (χ4v) is 3.00. The van der Waals surface area contributed by atoms with E-state index in [1.165, 1.54) is 4.90 Å². The van der Waals surface area contributed by atoms with Gasteiger partial charge in [-0.2, -0.15) is 0 Å². The Morgan fingerprint density at radius 2 is 2.04 bits per heavy atom. The number of hydrogen-bond acceptors (Lipinski definition) is 4. The molecule has 2 aromatic rings. The van der Waals surface area contributed by atoms with Crippen molar-refractivity contribution in [2.24, 2.45) is 5.41 Å². The van der Waals surface area contributed by atoms with Gasteiger partial charge >= 0.3 is 5.97 Å². The van der Waals surface area contributed by atoms with Crippen LogP contribution < -0.4 is 0 Å². The number of halogens is 1. The largest absolute Gasteiger partial charge is 0.481 e. The van der Waals surface area contributed by atoms with Crippen LogP contribution >= 0.6 is 11.6 Å². The van der Waals surface area contributed by atoms with Crippen LogP contribution in [0.1, 0.15) is 30.3 Å². The smallest absolute Gasteiger partial charge is 0.311 e. The predicted molar refractivity (Wildman–Crippen MR) is 87.8 cm³/mol. The highest BCUT2D eigenvalue weighted by atomic mass is 35.5. The zero-order valence-electron chi connectivity index (χ0n) is 13.2. The van der Waals surface area contributed by atoms with Crippen LogP contribution in [0.2, 0.25) is 5.02 Å². The number of benzene rings is 1. The van der Waals surface area contributed by atoms with E-state index in [9.17, 15) is 14.7 Å². The summed E-state index contributed by atoms with van der Waals surface area (Å²) in [5.74, 6) is -0.735. The van der Waals surface area contributed by atoms with E-state index in [1.807, 2.05) is 0 Å². The summed E-state index contributed by atoms with van der Waals surface area (Å²) in [6, 6.07) is 8.57. The lowest BCUT2D eigenvalue weighted by Crippen LogP contribution is -2.48. The lowest BCUT2D eigenvalue weighted by atomic mass is 9.82. The van der Waals surface area contributed by atoms with Crippen LogP contribution in [0.15, 0.2) is 34.9 Å². The molecule has 1 unspecified atom stereocenters. The standard InChI is InChI=1S/C17H17ClN2O4/c1-17(16(22)23)7-2-8-20(10-17)15(21)13-9-14(24-19-13)11-3-5-12(18)6-4-11/h3-6,9H,2,7-8,10H2,1H3,(H,22,23). The summed E-state index contributed by atoms with van der Waals surface area (Å²) in [5, 5.41) is 13.8. The van der Waals surface area contributed by atoms with Crippen molar-refractivity contribution in [1.29, 1.82) is 0 Å². The maximum absolute atomic E-state index is 12.6. The molecule has 24 heavy (non-hydrogen) atoms. The number of hydrogen-bond donors (Lipinski definition) is 1. The second-order valence-electron chi connectivity index (χ2n) is 6.28. The van der Waals surface area contributed by atoms with Gasteiger partial charge in [0.2, 0.25) is 0 Å². The lowest BCUT2D eigenvalue weighted by molar-refractivity contribution is -0.150. The number of aromatic nitrogens is 1. The van der Waals surface area contributed by atoms with E-state index in [-0.39, 0.29) is 18.1 Å². The summed E-state index contributed by atoms with van der Waals surface area (Å²) < 4.78 is 5.25. The van der Waals surface area contributed by atoms with Crippen LogP contribution in [0, 0.1) is 5.41 Å². The molecule has 3 rings (SSSR count). The molecule has 1 saturated heterocycles. The summed E-state index contributed by atoms with van der Waals surface area (Å²) in [6.45, 7) is 2.35. The average molecular weight is 349 g/mol. The molecule has 1 fully saturated rings. The van der Waals surface area contributed by atoms with E-state index < -0.39 is 11.4 Å². The maximum Gasteiger partial charge on any atom is 0.311 e. The van der Waals surface area contributed by atoms with Gasteiger partial charge in [0.15, 0.2) is 11.5 Å². The maximum atomic E-state index is 12.6. The molecule has 1 aliphatic heterocycles. The van der Waals surface area contributed by atoms with Crippen molar-refractivity contribution in [2.75, 3.05) is 13.1 Å². The molecule has 1 N–H and O–H groups in total. The molecule has 2 heterocycles. The van der Waals surface area contributed by atoms with Crippen molar-refractivity contribution in [2.45, 2.75) is 19.8 Å². The molecule has 1 aromatic heterocycles. The van der Waals surface area contributed by atoms with Crippen molar-refractivity contribution in [3.8, 4) is 11.3 Å². The summed E-state index contributed by atoms with van der Waals surface area (Å²) in [4.78, 5) is 25.5. The van der Waals surface area contributed by atoms with Crippen LogP contribution in [0.3, 0.4) is 0 Å². The van der Waals surface area contributed by atoms with E-state index in [1.54, 1.807) is 37.3 Å². The van der Waals surface area contributed by atoms with Crippen LogP contribution in [0.5, 0.6) is 0 Å². The SMILES string of the molecule is CC1(C(=O)O)CCCN(C(=O)c2cc(-c3ccc(Cl)cc3)on2)C1. The third-order valence-corrected chi connectivity index (χ3v) is 4.61. The first-order valence-electron chi connectivity index (χ1n) is 7.64. The Kier molecular flexibility index (Phi) is 4.32. The minimum Gasteiger partial charge on any atom is -0.481 e. The monoisotopic (exact) mass is 348 g/mol. The van der Waals surface area contributed by atoms with E-state index in [0.29, 0.717) is 30.2 Å². The quantitative estimate of drug-likeness (QED) is 0.919. The summed E-state index contributed by atoms with van der Waals surface area (Å²) in [7, 11) is 0. The van der Waals surface area contributed by atoms with Crippen LogP contribution in [0.4, 0.5) is 0 Å². The van der Waals surface area contributed by atoms with E-state index in [4.69, 9.17) is 16.1 Å². The van der Waals surface area contributed by atoms with Gasteiger partial charge in [-0.05, 0) is 44.0 Å². The average Bonchev–Trinajstić information content (AvgIpc) is 3.04. The van der Waals surface area contributed by atoms with Gasteiger partial charge in [-0.3, -0.25) is 9.59 Å². The first-order chi connectivity index (χ1) is 11.4. The summed E-state index contributed by atoms with van der Waals surface area (Å²) in [5.41, 5.74) is 0.0194.